The van der Waals surface area contributed by atoms with Crippen molar-refractivity contribution in [3.8, 4) is 0 Å². The van der Waals surface area contributed by atoms with Crippen molar-refractivity contribution in [1.82, 2.24) is 20.6 Å². The molecule has 1 rings (SSSR count). The summed E-state index contributed by atoms with van der Waals surface area (Å²) in [6.45, 7) is 2.23. The van der Waals surface area contributed by atoms with Crippen LogP contribution in [0.5, 0.6) is 0 Å². The Bertz CT molecular complexity index is 276. The molecule has 0 bridgehead atoms. The predicted octanol–water partition coefficient (Wildman–Crippen LogP) is 0.410. The molecule has 1 aromatic rings. The third kappa shape index (κ3) is 5.34. The highest BCUT2D eigenvalue weighted by Crippen LogP contribution is 1.88. The molecule has 5 nitrogen and oxygen atoms in total. The van der Waals surface area contributed by atoms with Crippen molar-refractivity contribution in [2.24, 2.45) is 0 Å². The number of imidazole rings is 1. The molecular weight excluding hydrogens is 212 g/mol. The normalized spacial score (nSPS) is 9.93. The van der Waals surface area contributed by atoms with Crippen LogP contribution in [-0.2, 0) is 11.3 Å². The first-order valence-corrected chi connectivity index (χ1v) is 5.21. The molecule has 1 aromatic heterocycles. The molecule has 0 unspecified atom stereocenters. The van der Waals surface area contributed by atoms with E-state index in [0.717, 1.165) is 25.3 Å². The van der Waals surface area contributed by atoms with E-state index in [4.69, 9.17) is 17.0 Å². The number of nitrogens with one attached hydrogen (secondary N) is 3. The zero-order valence-electron chi connectivity index (χ0n) is 8.75. The average Bonchev–Trinajstić information content (AvgIpc) is 2.74. The number of nitrogens with zero attached hydrogens (tertiary/aromatic N) is 1. The first kappa shape index (κ1) is 11.9. The molecule has 84 valence electrons. The van der Waals surface area contributed by atoms with Gasteiger partial charge < -0.3 is 20.4 Å². The average molecular weight is 228 g/mol. The lowest BCUT2D eigenvalue weighted by Gasteiger charge is -2.08. The highest BCUT2D eigenvalue weighted by molar-refractivity contribution is 7.80. The minimum Gasteiger partial charge on any atom is -0.385 e. The highest BCUT2D eigenvalue weighted by atomic mass is 32.1. The molecule has 0 aliphatic rings. The van der Waals surface area contributed by atoms with Gasteiger partial charge in [0.2, 0.25) is 0 Å². The summed E-state index contributed by atoms with van der Waals surface area (Å²) in [4.78, 5) is 6.90. The first-order chi connectivity index (χ1) is 7.33. The van der Waals surface area contributed by atoms with Crippen LogP contribution in [0.15, 0.2) is 12.5 Å². The molecule has 0 atom stereocenters. The number of rotatable bonds is 6. The lowest BCUT2D eigenvalue weighted by atomic mass is 10.4. The third-order valence-electron chi connectivity index (χ3n) is 1.81. The van der Waals surface area contributed by atoms with Crippen LogP contribution in [0.3, 0.4) is 0 Å². The van der Waals surface area contributed by atoms with Gasteiger partial charge in [0.05, 0.1) is 18.6 Å². The van der Waals surface area contributed by atoms with Gasteiger partial charge in [-0.25, -0.2) is 4.98 Å². The van der Waals surface area contributed by atoms with Crippen molar-refractivity contribution in [2.75, 3.05) is 20.3 Å². The van der Waals surface area contributed by atoms with Crippen molar-refractivity contribution < 1.29 is 4.74 Å². The second-order valence-corrected chi connectivity index (χ2v) is 3.44. The summed E-state index contributed by atoms with van der Waals surface area (Å²) < 4.78 is 4.93. The van der Waals surface area contributed by atoms with Crippen molar-refractivity contribution in [3.63, 3.8) is 0 Å². The van der Waals surface area contributed by atoms with Crippen LogP contribution in [-0.4, -0.2) is 35.3 Å². The molecule has 0 spiro atoms. The maximum atomic E-state index is 5.08. The van der Waals surface area contributed by atoms with Gasteiger partial charge in [-0.2, -0.15) is 0 Å². The molecule has 0 fully saturated rings. The van der Waals surface area contributed by atoms with E-state index in [1.54, 1.807) is 19.6 Å². The summed E-state index contributed by atoms with van der Waals surface area (Å²) in [7, 11) is 1.69. The summed E-state index contributed by atoms with van der Waals surface area (Å²) in [6, 6.07) is 0. The predicted molar refractivity (Wildman–Crippen MR) is 62.5 cm³/mol. The summed E-state index contributed by atoms with van der Waals surface area (Å²) in [5.41, 5.74) is 1.01. The molecule has 0 saturated heterocycles. The Morgan fingerprint density at radius 2 is 2.47 bits per heavy atom. The molecule has 0 aliphatic carbocycles. The summed E-state index contributed by atoms with van der Waals surface area (Å²) in [5, 5.41) is 6.81. The number of thiocarbonyl (C=S) groups is 1. The number of ether oxygens (including phenoxy) is 1. The fraction of sp³-hybridized carbons (Fsp3) is 0.556. The molecule has 6 heteroatoms. The number of hydrogen-bond donors (Lipinski definition) is 3. The molecule has 1 heterocycles. The maximum absolute atomic E-state index is 5.08. The Kier molecular flexibility index (Phi) is 5.72. The summed E-state index contributed by atoms with van der Waals surface area (Å²) in [5.74, 6) is 0. The van der Waals surface area contributed by atoms with Crippen LogP contribution in [0.1, 0.15) is 12.1 Å². The van der Waals surface area contributed by atoms with E-state index in [1.807, 2.05) is 0 Å². The van der Waals surface area contributed by atoms with Crippen LogP contribution < -0.4 is 10.6 Å². The van der Waals surface area contributed by atoms with Gasteiger partial charge in [0, 0.05) is 26.5 Å². The molecule has 15 heavy (non-hydrogen) atoms. The third-order valence-corrected chi connectivity index (χ3v) is 2.09. The second-order valence-electron chi connectivity index (χ2n) is 3.03. The van der Waals surface area contributed by atoms with Crippen molar-refractivity contribution in [2.45, 2.75) is 13.0 Å². The second kappa shape index (κ2) is 7.19. The van der Waals surface area contributed by atoms with E-state index >= 15 is 0 Å². The Morgan fingerprint density at radius 1 is 1.60 bits per heavy atom. The Labute approximate surface area is 94.6 Å². The molecule has 0 aliphatic heterocycles. The minimum absolute atomic E-state index is 0.653. The zero-order chi connectivity index (χ0) is 10.9. The molecule has 0 aromatic carbocycles. The summed E-state index contributed by atoms with van der Waals surface area (Å²) >= 11 is 5.08. The van der Waals surface area contributed by atoms with E-state index in [2.05, 4.69) is 20.6 Å². The highest BCUT2D eigenvalue weighted by Gasteiger charge is 1.96. The fourth-order valence-electron chi connectivity index (χ4n) is 1.04. The number of hydrogen-bond acceptors (Lipinski definition) is 3. The van der Waals surface area contributed by atoms with Gasteiger partial charge in [-0.1, -0.05) is 0 Å². The van der Waals surface area contributed by atoms with Crippen LogP contribution in [0.25, 0.3) is 0 Å². The van der Waals surface area contributed by atoms with Crippen LogP contribution >= 0.6 is 12.2 Å². The van der Waals surface area contributed by atoms with Gasteiger partial charge in [0.15, 0.2) is 5.11 Å². The number of aromatic amines is 1. The standard InChI is InChI=1S/C9H16N4OS/c1-14-4-2-3-11-9(15)12-6-8-5-10-7-13-8/h5,7H,2-4,6H2,1H3,(H,10,13)(H2,11,12,15). The quantitative estimate of drug-likeness (QED) is 0.486. The maximum Gasteiger partial charge on any atom is 0.166 e. The van der Waals surface area contributed by atoms with Crippen molar-refractivity contribution in [1.29, 1.82) is 0 Å². The van der Waals surface area contributed by atoms with Gasteiger partial charge in [0.25, 0.3) is 0 Å². The van der Waals surface area contributed by atoms with Crippen molar-refractivity contribution >= 4 is 17.3 Å². The topological polar surface area (TPSA) is 62.0 Å². The SMILES string of the molecule is COCCCNC(=S)NCc1cnc[nH]1. The number of aromatic nitrogens is 2. The smallest absolute Gasteiger partial charge is 0.166 e. The minimum atomic E-state index is 0.653. The van der Waals surface area contributed by atoms with Gasteiger partial charge >= 0.3 is 0 Å². The van der Waals surface area contributed by atoms with Crippen LogP contribution in [0, 0.1) is 0 Å². The molecule has 0 saturated carbocycles. The summed E-state index contributed by atoms with van der Waals surface area (Å²) in [6.07, 6.45) is 4.36. The van der Waals surface area contributed by atoms with Gasteiger partial charge in [-0.15, -0.1) is 0 Å². The lowest BCUT2D eigenvalue weighted by Crippen LogP contribution is -2.35. The van der Waals surface area contributed by atoms with Gasteiger partial charge in [0.1, 0.15) is 0 Å². The Balaban J connectivity index is 2.04. The molecule has 0 amide bonds. The zero-order valence-corrected chi connectivity index (χ0v) is 9.56. The van der Waals surface area contributed by atoms with Gasteiger partial charge in [-0.3, -0.25) is 0 Å². The first-order valence-electron chi connectivity index (χ1n) is 4.81. The molecular formula is C9H16N4OS. The van der Waals surface area contributed by atoms with E-state index < -0.39 is 0 Å². The fourth-order valence-corrected chi connectivity index (χ4v) is 1.21. The van der Waals surface area contributed by atoms with E-state index in [9.17, 15) is 0 Å². The van der Waals surface area contributed by atoms with E-state index in [1.165, 1.54) is 0 Å². The largest absolute Gasteiger partial charge is 0.385 e. The Morgan fingerprint density at radius 3 is 3.13 bits per heavy atom. The number of H-pyrrole nitrogens is 1. The van der Waals surface area contributed by atoms with E-state index in [-0.39, 0.29) is 0 Å². The van der Waals surface area contributed by atoms with E-state index in [0.29, 0.717) is 11.7 Å². The monoisotopic (exact) mass is 228 g/mol. The number of methoxy groups -OCH3 is 1. The van der Waals surface area contributed by atoms with Crippen molar-refractivity contribution in [3.05, 3.63) is 18.2 Å². The molecule has 3 N–H and O–H groups in total. The van der Waals surface area contributed by atoms with Crippen LogP contribution in [0.4, 0.5) is 0 Å². The Hall–Kier alpha value is -1.14. The van der Waals surface area contributed by atoms with Crippen LogP contribution in [0.2, 0.25) is 0 Å². The van der Waals surface area contributed by atoms with Gasteiger partial charge in [-0.05, 0) is 18.6 Å². The molecule has 0 radical (unpaired) electrons. The lowest BCUT2D eigenvalue weighted by molar-refractivity contribution is 0.195.